The summed E-state index contributed by atoms with van der Waals surface area (Å²) in [5.41, 5.74) is 1.20. The zero-order valence-electron chi connectivity index (χ0n) is 14.1. The lowest BCUT2D eigenvalue weighted by atomic mass is 10.1. The van der Waals surface area contributed by atoms with E-state index in [0.29, 0.717) is 28.0 Å². The van der Waals surface area contributed by atoms with E-state index in [0.717, 1.165) is 37.5 Å². The second-order valence-electron chi connectivity index (χ2n) is 5.99. The Balaban J connectivity index is 1.84. The van der Waals surface area contributed by atoms with E-state index < -0.39 is 0 Å². The molecule has 0 radical (unpaired) electrons. The van der Waals surface area contributed by atoms with E-state index in [-0.39, 0.29) is 5.91 Å². The van der Waals surface area contributed by atoms with Crippen molar-refractivity contribution < 1.29 is 4.79 Å². The molecule has 0 spiro atoms. The number of aryl methyl sites for hydroxylation is 1. The van der Waals surface area contributed by atoms with E-state index in [1.54, 1.807) is 13.1 Å². The van der Waals surface area contributed by atoms with Crippen LogP contribution < -0.4 is 15.1 Å². The Morgan fingerprint density at radius 2 is 2.04 bits per heavy atom. The highest BCUT2D eigenvalue weighted by Crippen LogP contribution is 2.26. The Morgan fingerprint density at radius 1 is 1.29 bits per heavy atom. The number of piperidine rings is 1. The molecule has 0 saturated carbocycles. The van der Waals surface area contributed by atoms with Gasteiger partial charge in [-0.25, -0.2) is 4.98 Å². The molecule has 2 aromatic heterocycles. The third-order valence-electron chi connectivity index (χ3n) is 3.92. The summed E-state index contributed by atoms with van der Waals surface area (Å²) in [4.78, 5) is 26.1. The van der Waals surface area contributed by atoms with Gasteiger partial charge in [0.2, 0.25) is 5.95 Å². The molecule has 1 aliphatic rings. The van der Waals surface area contributed by atoms with Crippen LogP contribution in [0.15, 0.2) is 6.20 Å². The van der Waals surface area contributed by atoms with E-state index in [2.05, 4.69) is 29.8 Å². The Kier molecular flexibility index (Phi) is 4.89. The Hall–Kier alpha value is -2.29. The van der Waals surface area contributed by atoms with Crippen molar-refractivity contribution >= 4 is 34.9 Å². The van der Waals surface area contributed by atoms with Crippen LogP contribution in [0.3, 0.4) is 0 Å². The molecule has 9 heteroatoms. The summed E-state index contributed by atoms with van der Waals surface area (Å²) >= 11 is 1.08. The van der Waals surface area contributed by atoms with E-state index in [9.17, 15) is 4.79 Å². The summed E-state index contributed by atoms with van der Waals surface area (Å²) in [6.45, 7) is 3.72. The van der Waals surface area contributed by atoms with Crippen molar-refractivity contribution in [2.75, 3.05) is 42.3 Å². The first-order valence-electron chi connectivity index (χ1n) is 7.96. The average molecular weight is 347 g/mol. The molecule has 8 nitrogen and oxygen atoms in total. The third-order valence-corrected chi connectivity index (χ3v) is 4.75. The lowest BCUT2D eigenvalue weighted by molar-refractivity contribution is 0.102. The number of carbonyl (C=O) groups excluding carboxylic acids is 1. The molecule has 0 aromatic carbocycles. The standard InChI is InChI=1S/C15H21N7OS/c1-10-12(24-20-19-10)14(23)17-11-9-16-15(18-13(11)21(2)3)22-7-5-4-6-8-22/h9H,4-8H2,1-3H3,(H,17,23). The number of rotatable bonds is 4. The van der Waals surface area contributed by atoms with Gasteiger partial charge in [0.25, 0.3) is 5.91 Å². The van der Waals surface area contributed by atoms with Crippen LogP contribution in [0.2, 0.25) is 0 Å². The maximum atomic E-state index is 12.4. The molecule has 1 aliphatic heterocycles. The number of nitrogens with zero attached hydrogens (tertiary/aromatic N) is 6. The van der Waals surface area contributed by atoms with Crippen molar-refractivity contribution in [2.45, 2.75) is 26.2 Å². The molecule has 0 bridgehead atoms. The number of hydrogen-bond acceptors (Lipinski definition) is 8. The summed E-state index contributed by atoms with van der Waals surface area (Å²) in [6, 6.07) is 0. The molecule has 0 atom stereocenters. The lowest BCUT2D eigenvalue weighted by Crippen LogP contribution is -2.31. The third kappa shape index (κ3) is 3.45. The molecular formula is C15H21N7OS. The van der Waals surface area contributed by atoms with Gasteiger partial charge in [-0.15, -0.1) is 5.10 Å². The van der Waals surface area contributed by atoms with Gasteiger partial charge in [-0.1, -0.05) is 4.49 Å². The summed E-state index contributed by atoms with van der Waals surface area (Å²) in [5.74, 6) is 1.17. The van der Waals surface area contributed by atoms with Crippen LogP contribution in [0, 0.1) is 6.92 Å². The van der Waals surface area contributed by atoms with E-state index in [1.165, 1.54) is 6.42 Å². The number of aromatic nitrogens is 4. The molecule has 1 saturated heterocycles. The SMILES string of the molecule is Cc1nnsc1C(=O)Nc1cnc(N2CCCCC2)nc1N(C)C. The van der Waals surface area contributed by atoms with Gasteiger partial charge in [0.1, 0.15) is 10.6 Å². The van der Waals surface area contributed by atoms with E-state index >= 15 is 0 Å². The second kappa shape index (κ2) is 7.08. The second-order valence-corrected chi connectivity index (χ2v) is 6.75. The largest absolute Gasteiger partial charge is 0.361 e. The van der Waals surface area contributed by atoms with Crippen LogP contribution in [-0.2, 0) is 0 Å². The Morgan fingerprint density at radius 3 is 2.67 bits per heavy atom. The van der Waals surface area contributed by atoms with Crippen molar-refractivity contribution in [2.24, 2.45) is 0 Å². The van der Waals surface area contributed by atoms with Gasteiger partial charge in [0.05, 0.1) is 11.9 Å². The fourth-order valence-electron chi connectivity index (χ4n) is 2.66. The number of carbonyl (C=O) groups is 1. The quantitative estimate of drug-likeness (QED) is 0.904. The van der Waals surface area contributed by atoms with Gasteiger partial charge >= 0.3 is 0 Å². The lowest BCUT2D eigenvalue weighted by Gasteiger charge is -2.28. The predicted octanol–water partition coefficient (Wildman–Crippen LogP) is 1.95. The fraction of sp³-hybridized carbons (Fsp3) is 0.533. The molecule has 3 rings (SSSR count). The first-order valence-corrected chi connectivity index (χ1v) is 8.73. The molecule has 1 fully saturated rings. The molecule has 24 heavy (non-hydrogen) atoms. The monoisotopic (exact) mass is 347 g/mol. The smallest absolute Gasteiger partial charge is 0.269 e. The zero-order chi connectivity index (χ0) is 17.1. The maximum absolute atomic E-state index is 12.4. The van der Waals surface area contributed by atoms with Crippen LogP contribution in [0.1, 0.15) is 34.6 Å². The molecular weight excluding hydrogens is 326 g/mol. The van der Waals surface area contributed by atoms with Gasteiger partial charge < -0.3 is 15.1 Å². The number of hydrogen-bond donors (Lipinski definition) is 1. The highest BCUT2D eigenvalue weighted by Gasteiger charge is 2.19. The summed E-state index contributed by atoms with van der Waals surface area (Å²) < 4.78 is 3.80. The van der Waals surface area contributed by atoms with Crippen molar-refractivity contribution in [3.05, 3.63) is 16.8 Å². The molecule has 3 heterocycles. The minimum atomic E-state index is -0.236. The maximum Gasteiger partial charge on any atom is 0.269 e. The van der Waals surface area contributed by atoms with Gasteiger partial charge in [0, 0.05) is 27.2 Å². The van der Waals surface area contributed by atoms with Crippen molar-refractivity contribution in [1.29, 1.82) is 0 Å². The Bertz CT molecular complexity index is 724. The highest BCUT2D eigenvalue weighted by molar-refractivity contribution is 7.08. The molecule has 1 amide bonds. The average Bonchev–Trinajstić information content (AvgIpc) is 3.02. The van der Waals surface area contributed by atoms with Crippen LogP contribution in [0.4, 0.5) is 17.5 Å². The normalized spacial score (nSPS) is 14.5. The van der Waals surface area contributed by atoms with Crippen molar-refractivity contribution in [3.63, 3.8) is 0 Å². The van der Waals surface area contributed by atoms with Gasteiger partial charge in [0.15, 0.2) is 5.82 Å². The first-order chi connectivity index (χ1) is 11.6. The van der Waals surface area contributed by atoms with Crippen LogP contribution in [0.5, 0.6) is 0 Å². The van der Waals surface area contributed by atoms with Gasteiger partial charge in [-0.3, -0.25) is 4.79 Å². The summed E-state index contributed by atoms with van der Waals surface area (Å²) in [6.07, 6.45) is 5.26. The molecule has 1 N–H and O–H groups in total. The van der Waals surface area contributed by atoms with Crippen LogP contribution in [0.25, 0.3) is 0 Å². The van der Waals surface area contributed by atoms with Crippen molar-refractivity contribution in [3.8, 4) is 0 Å². The molecule has 0 unspecified atom stereocenters. The summed E-state index contributed by atoms with van der Waals surface area (Å²) in [5, 5.41) is 6.74. The van der Waals surface area contributed by atoms with Gasteiger partial charge in [-0.05, 0) is 37.7 Å². The van der Waals surface area contributed by atoms with E-state index in [4.69, 9.17) is 0 Å². The highest BCUT2D eigenvalue weighted by atomic mass is 32.1. The first kappa shape index (κ1) is 16.6. The van der Waals surface area contributed by atoms with Crippen LogP contribution >= 0.6 is 11.5 Å². The summed E-state index contributed by atoms with van der Waals surface area (Å²) in [7, 11) is 3.80. The number of anilines is 3. The number of nitrogens with one attached hydrogen (secondary N) is 1. The van der Waals surface area contributed by atoms with Gasteiger partial charge in [-0.2, -0.15) is 4.98 Å². The fourth-order valence-corrected chi connectivity index (χ4v) is 3.21. The molecule has 0 aliphatic carbocycles. The predicted molar refractivity (Wildman–Crippen MR) is 95.0 cm³/mol. The Labute approximate surface area is 145 Å². The topological polar surface area (TPSA) is 87.1 Å². The molecule has 2 aromatic rings. The van der Waals surface area contributed by atoms with Crippen molar-refractivity contribution in [1.82, 2.24) is 19.6 Å². The molecule has 128 valence electrons. The van der Waals surface area contributed by atoms with E-state index in [1.807, 2.05) is 19.0 Å². The van der Waals surface area contributed by atoms with Crippen LogP contribution in [-0.4, -0.2) is 52.6 Å². The minimum Gasteiger partial charge on any atom is -0.361 e. The number of amides is 1. The minimum absolute atomic E-state index is 0.236. The zero-order valence-corrected chi connectivity index (χ0v) is 14.9.